The first kappa shape index (κ1) is 12.6. The van der Waals surface area contributed by atoms with Crippen molar-refractivity contribution in [3.63, 3.8) is 0 Å². The first-order valence-corrected chi connectivity index (χ1v) is 6.05. The van der Waals surface area contributed by atoms with Crippen molar-refractivity contribution in [1.29, 1.82) is 0 Å². The van der Waals surface area contributed by atoms with E-state index in [0.29, 0.717) is 6.54 Å². The number of aliphatic carboxylic acids is 1. The maximum atomic E-state index is 12.0. The van der Waals surface area contributed by atoms with Gasteiger partial charge < -0.3 is 14.6 Å². The molecule has 1 aromatic rings. The SMILES string of the molecule is Cn1ccnc1CN(C(=O)CCC(=O)O)C1CC1. The summed E-state index contributed by atoms with van der Waals surface area (Å²) >= 11 is 0. The summed E-state index contributed by atoms with van der Waals surface area (Å²) in [6, 6.07) is 0.267. The molecule has 1 N–H and O–H groups in total. The summed E-state index contributed by atoms with van der Waals surface area (Å²) in [7, 11) is 1.88. The van der Waals surface area contributed by atoms with Crippen LogP contribution in [0.15, 0.2) is 12.4 Å². The van der Waals surface area contributed by atoms with Crippen LogP contribution in [0.4, 0.5) is 0 Å². The van der Waals surface area contributed by atoms with Crippen LogP contribution in [0, 0.1) is 0 Å². The monoisotopic (exact) mass is 251 g/mol. The second-order valence-corrected chi connectivity index (χ2v) is 4.60. The molecular weight excluding hydrogens is 234 g/mol. The minimum Gasteiger partial charge on any atom is -0.481 e. The summed E-state index contributed by atoms with van der Waals surface area (Å²) in [5.74, 6) is -0.204. The van der Waals surface area contributed by atoms with Gasteiger partial charge in [-0.3, -0.25) is 9.59 Å². The average Bonchev–Trinajstić information content (AvgIpc) is 3.08. The predicted molar refractivity (Wildman–Crippen MR) is 63.6 cm³/mol. The quantitative estimate of drug-likeness (QED) is 0.810. The number of imidazole rings is 1. The molecule has 1 aliphatic carbocycles. The summed E-state index contributed by atoms with van der Waals surface area (Å²) in [4.78, 5) is 28.4. The maximum Gasteiger partial charge on any atom is 0.303 e. The van der Waals surface area contributed by atoms with Crippen molar-refractivity contribution in [2.24, 2.45) is 7.05 Å². The number of amides is 1. The maximum absolute atomic E-state index is 12.0. The zero-order valence-electron chi connectivity index (χ0n) is 10.4. The Kier molecular flexibility index (Phi) is 3.64. The molecule has 0 spiro atoms. The van der Waals surface area contributed by atoms with Gasteiger partial charge in [0.25, 0.3) is 0 Å². The van der Waals surface area contributed by atoms with Gasteiger partial charge in [-0.05, 0) is 12.8 Å². The fourth-order valence-electron chi connectivity index (χ4n) is 1.87. The lowest BCUT2D eigenvalue weighted by Gasteiger charge is -2.21. The van der Waals surface area contributed by atoms with Crippen LogP contribution in [0.3, 0.4) is 0 Å². The molecule has 2 rings (SSSR count). The smallest absolute Gasteiger partial charge is 0.303 e. The normalized spacial score (nSPS) is 14.5. The van der Waals surface area contributed by atoms with E-state index in [1.807, 2.05) is 17.8 Å². The van der Waals surface area contributed by atoms with Crippen molar-refractivity contribution in [2.75, 3.05) is 0 Å². The lowest BCUT2D eigenvalue weighted by atomic mass is 10.2. The highest BCUT2D eigenvalue weighted by Crippen LogP contribution is 2.28. The van der Waals surface area contributed by atoms with Crippen LogP contribution in [-0.2, 0) is 23.2 Å². The van der Waals surface area contributed by atoms with Crippen molar-refractivity contribution >= 4 is 11.9 Å². The van der Waals surface area contributed by atoms with E-state index < -0.39 is 5.97 Å². The van der Waals surface area contributed by atoms with Gasteiger partial charge >= 0.3 is 5.97 Å². The predicted octanol–water partition coefficient (Wildman–Crippen LogP) is 0.776. The molecule has 0 saturated heterocycles. The summed E-state index contributed by atoms with van der Waals surface area (Å²) in [6.07, 6.45) is 5.50. The van der Waals surface area contributed by atoms with E-state index in [1.165, 1.54) is 0 Å². The number of carboxylic acid groups (broad SMARTS) is 1. The molecule has 0 aliphatic heterocycles. The van der Waals surface area contributed by atoms with Crippen molar-refractivity contribution in [1.82, 2.24) is 14.5 Å². The largest absolute Gasteiger partial charge is 0.481 e. The lowest BCUT2D eigenvalue weighted by Crippen LogP contribution is -2.33. The van der Waals surface area contributed by atoms with Crippen molar-refractivity contribution in [2.45, 2.75) is 38.3 Å². The van der Waals surface area contributed by atoms with E-state index in [-0.39, 0.29) is 24.8 Å². The van der Waals surface area contributed by atoms with E-state index in [0.717, 1.165) is 18.7 Å². The third-order valence-corrected chi connectivity index (χ3v) is 3.09. The first-order chi connectivity index (χ1) is 8.58. The lowest BCUT2D eigenvalue weighted by molar-refractivity contribution is -0.141. The van der Waals surface area contributed by atoms with Crippen molar-refractivity contribution in [3.05, 3.63) is 18.2 Å². The van der Waals surface area contributed by atoms with Crippen LogP contribution < -0.4 is 0 Å². The second-order valence-electron chi connectivity index (χ2n) is 4.60. The number of aryl methyl sites for hydroxylation is 1. The molecule has 6 nitrogen and oxygen atoms in total. The van der Waals surface area contributed by atoms with Gasteiger partial charge in [0.2, 0.25) is 5.91 Å². The standard InChI is InChI=1S/C12H17N3O3/c1-14-7-6-13-10(14)8-15(9-2-3-9)11(16)4-5-12(17)18/h6-7,9H,2-5,8H2,1H3,(H,17,18). The molecular formula is C12H17N3O3. The molecule has 1 amide bonds. The third-order valence-electron chi connectivity index (χ3n) is 3.09. The van der Waals surface area contributed by atoms with Gasteiger partial charge in [0.05, 0.1) is 13.0 Å². The number of hydrogen-bond acceptors (Lipinski definition) is 3. The van der Waals surface area contributed by atoms with Crippen molar-refractivity contribution < 1.29 is 14.7 Å². The van der Waals surface area contributed by atoms with Gasteiger partial charge in [0, 0.05) is 31.9 Å². The molecule has 1 saturated carbocycles. The molecule has 1 aliphatic rings. The third kappa shape index (κ3) is 3.09. The number of carboxylic acids is 1. The Labute approximate surface area is 105 Å². The summed E-state index contributed by atoms with van der Waals surface area (Å²) in [5.41, 5.74) is 0. The molecule has 18 heavy (non-hydrogen) atoms. The van der Waals surface area contributed by atoms with Crippen LogP contribution in [0.25, 0.3) is 0 Å². The zero-order valence-corrected chi connectivity index (χ0v) is 10.4. The van der Waals surface area contributed by atoms with Crippen LogP contribution in [-0.4, -0.2) is 37.5 Å². The Balaban J connectivity index is 1.98. The van der Waals surface area contributed by atoms with Crippen LogP contribution >= 0.6 is 0 Å². The van der Waals surface area contributed by atoms with Gasteiger partial charge in [-0.25, -0.2) is 4.98 Å². The number of carbonyl (C=O) groups is 2. The molecule has 6 heteroatoms. The highest BCUT2D eigenvalue weighted by molar-refractivity contribution is 5.81. The zero-order chi connectivity index (χ0) is 13.1. The van der Waals surface area contributed by atoms with E-state index >= 15 is 0 Å². The Hall–Kier alpha value is -1.85. The van der Waals surface area contributed by atoms with E-state index in [4.69, 9.17) is 5.11 Å². The Morgan fingerprint density at radius 1 is 1.50 bits per heavy atom. The Morgan fingerprint density at radius 2 is 2.22 bits per heavy atom. The summed E-state index contributed by atoms with van der Waals surface area (Å²) in [5, 5.41) is 8.61. The molecule has 0 bridgehead atoms. The highest BCUT2D eigenvalue weighted by Gasteiger charge is 2.33. The Morgan fingerprint density at radius 3 is 2.72 bits per heavy atom. The molecule has 1 heterocycles. The molecule has 0 radical (unpaired) electrons. The van der Waals surface area contributed by atoms with Crippen LogP contribution in [0.5, 0.6) is 0 Å². The van der Waals surface area contributed by atoms with Gasteiger partial charge in [0.15, 0.2) is 0 Å². The van der Waals surface area contributed by atoms with E-state index in [1.54, 1.807) is 11.1 Å². The van der Waals surface area contributed by atoms with Gasteiger partial charge in [-0.1, -0.05) is 0 Å². The first-order valence-electron chi connectivity index (χ1n) is 6.05. The highest BCUT2D eigenvalue weighted by atomic mass is 16.4. The average molecular weight is 251 g/mol. The minimum absolute atomic E-state index is 0.0657. The fraction of sp³-hybridized carbons (Fsp3) is 0.583. The molecule has 1 fully saturated rings. The number of hydrogen-bond donors (Lipinski definition) is 1. The Bertz CT molecular complexity index is 451. The molecule has 98 valence electrons. The topological polar surface area (TPSA) is 75.4 Å². The number of rotatable bonds is 6. The van der Waals surface area contributed by atoms with Gasteiger partial charge in [-0.2, -0.15) is 0 Å². The second kappa shape index (κ2) is 5.20. The number of nitrogens with zero attached hydrogens (tertiary/aromatic N) is 3. The summed E-state index contributed by atoms with van der Waals surface area (Å²) in [6.45, 7) is 0.465. The van der Waals surface area contributed by atoms with E-state index in [2.05, 4.69) is 4.98 Å². The van der Waals surface area contributed by atoms with E-state index in [9.17, 15) is 9.59 Å². The fourth-order valence-corrected chi connectivity index (χ4v) is 1.87. The molecule has 0 atom stereocenters. The molecule has 0 unspecified atom stereocenters. The van der Waals surface area contributed by atoms with Crippen molar-refractivity contribution in [3.8, 4) is 0 Å². The minimum atomic E-state index is -0.934. The van der Waals surface area contributed by atoms with Gasteiger partial charge in [0.1, 0.15) is 5.82 Å². The van der Waals surface area contributed by atoms with Gasteiger partial charge in [-0.15, -0.1) is 0 Å². The van der Waals surface area contributed by atoms with Crippen LogP contribution in [0.2, 0.25) is 0 Å². The molecule has 0 aromatic carbocycles. The summed E-state index contributed by atoms with van der Waals surface area (Å²) < 4.78 is 1.87. The van der Waals surface area contributed by atoms with Crippen LogP contribution in [0.1, 0.15) is 31.5 Å². The number of aromatic nitrogens is 2. The number of carbonyl (C=O) groups excluding carboxylic acids is 1. The molecule has 1 aromatic heterocycles.